The van der Waals surface area contributed by atoms with Crippen molar-refractivity contribution in [3.63, 3.8) is 0 Å². The summed E-state index contributed by atoms with van der Waals surface area (Å²) in [6.07, 6.45) is 2.59. The molecule has 4 N–H and O–H groups in total. The van der Waals surface area contributed by atoms with Crippen LogP contribution in [-0.4, -0.2) is 24.6 Å². The number of nitrogens with one attached hydrogen (secondary N) is 2. The number of anilines is 2. The quantitative estimate of drug-likeness (QED) is 0.644. The standard InChI is InChI=1S/C15H25N3O2S/c1-6-8-17-14(19)13-11(16)12(20-9(3)4)15(21-13)18-10(5)7-2/h6,9-10,18H,1,7-8,16H2,2-5H3,(H,17,19). The van der Waals surface area contributed by atoms with Crippen LogP contribution in [0.2, 0.25) is 0 Å². The summed E-state index contributed by atoms with van der Waals surface area (Å²) in [5.74, 6) is 0.363. The van der Waals surface area contributed by atoms with E-state index in [2.05, 4.69) is 31.1 Å². The Hall–Kier alpha value is -1.69. The average molecular weight is 311 g/mol. The number of hydrogen-bond acceptors (Lipinski definition) is 5. The highest BCUT2D eigenvalue weighted by molar-refractivity contribution is 7.19. The lowest BCUT2D eigenvalue weighted by molar-refractivity contribution is 0.0962. The van der Waals surface area contributed by atoms with Crippen molar-refractivity contribution in [2.75, 3.05) is 17.6 Å². The van der Waals surface area contributed by atoms with Gasteiger partial charge in [0.05, 0.1) is 6.10 Å². The first-order chi connectivity index (χ1) is 9.90. The van der Waals surface area contributed by atoms with Gasteiger partial charge >= 0.3 is 0 Å². The lowest BCUT2D eigenvalue weighted by Crippen LogP contribution is -2.23. The third-order valence-corrected chi connectivity index (χ3v) is 3.97. The van der Waals surface area contributed by atoms with E-state index in [9.17, 15) is 4.79 Å². The lowest BCUT2D eigenvalue weighted by atomic mass is 10.2. The van der Waals surface area contributed by atoms with Crippen molar-refractivity contribution in [3.05, 3.63) is 17.5 Å². The van der Waals surface area contributed by atoms with Gasteiger partial charge in [-0.1, -0.05) is 13.0 Å². The van der Waals surface area contributed by atoms with E-state index in [-0.39, 0.29) is 18.1 Å². The Morgan fingerprint density at radius 3 is 2.67 bits per heavy atom. The van der Waals surface area contributed by atoms with Gasteiger partial charge in [0.2, 0.25) is 0 Å². The molecule has 0 aliphatic carbocycles. The van der Waals surface area contributed by atoms with Gasteiger partial charge in [0.15, 0.2) is 5.75 Å². The molecule has 0 saturated heterocycles. The van der Waals surface area contributed by atoms with Crippen LogP contribution in [0.4, 0.5) is 10.7 Å². The van der Waals surface area contributed by atoms with Gasteiger partial charge in [-0.2, -0.15) is 0 Å². The summed E-state index contributed by atoms with van der Waals surface area (Å²) in [5, 5.41) is 6.90. The lowest BCUT2D eigenvalue weighted by Gasteiger charge is -2.15. The highest BCUT2D eigenvalue weighted by atomic mass is 32.1. The third kappa shape index (κ3) is 4.67. The number of hydrogen-bond donors (Lipinski definition) is 3. The van der Waals surface area contributed by atoms with Crippen molar-refractivity contribution in [2.45, 2.75) is 46.3 Å². The number of amides is 1. The van der Waals surface area contributed by atoms with Crippen LogP contribution in [0.5, 0.6) is 5.75 Å². The molecule has 0 fully saturated rings. The van der Waals surface area contributed by atoms with Gasteiger partial charge < -0.3 is 21.1 Å². The summed E-state index contributed by atoms with van der Waals surface area (Å²) < 4.78 is 5.78. The van der Waals surface area contributed by atoms with Crippen LogP contribution in [0.15, 0.2) is 12.7 Å². The largest absolute Gasteiger partial charge is 0.486 e. The SMILES string of the molecule is C=CCNC(=O)c1sc(NC(C)CC)c(OC(C)C)c1N. The molecule has 0 spiro atoms. The predicted octanol–water partition coefficient (Wildman–Crippen LogP) is 3.24. The second-order valence-corrected chi connectivity index (χ2v) is 6.14. The van der Waals surface area contributed by atoms with Crippen molar-refractivity contribution in [2.24, 2.45) is 0 Å². The van der Waals surface area contributed by atoms with Crippen LogP contribution in [0.1, 0.15) is 43.8 Å². The molecule has 6 heteroatoms. The molecule has 1 aromatic heterocycles. The Kier molecular flexibility index (Phi) is 6.55. The first-order valence-electron chi connectivity index (χ1n) is 7.15. The third-order valence-electron chi connectivity index (χ3n) is 2.86. The summed E-state index contributed by atoms with van der Waals surface area (Å²) >= 11 is 1.32. The Morgan fingerprint density at radius 1 is 1.48 bits per heavy atom. The predicted molar refractivity (Wildman–Crippen MR) is 90.4 cm³/mol. The molecule has 0 aliphatic rings. The highest BCUT2D eigenvalue weighted by Crippen LogP contribution is 2.43. The Balaban J connectivity index is 3.10. The zero-order valence-electron chi connectivity index (χ0n) is 13.2. The molecule has 1 amide bonds. The van der Waals surface area contributed by atoms with E-state index in [0.29, 0.717) is 22.9 Å². The van der Waals surface area contributed by atoms with Crippen molar-refractivity contribution < 1.29 is 9.53 Å². The summed E-state index contributed by atoms with van der Waals surface area (Å²) in [6, 6.07) is 0.279. The molecule has 0 radical (unpaired) electrons. The average Bonchev–Trinajstić information content (AvgIpc) is 2.73. The van der Waals surface area contributed by atoms with Gasteiger partial charge in [0.25, 0.3) is 5.91 Å². The monoisotopic (exact) mass is 311 g/mol. The molecule has 0 aliphatic heterocycles. The highest BCUT2D eigenvalue weighted by Gasteiger charge is 2.23. The summed E-state index contributed by atoms with van der Waals surface area (Å²) in [6.45, 7) is 12.0. The van der Waals surface area contributed by atoms with Crippen LogP contribution < -0.4 is 21.1 Å². The van der Waals surface area contributed by atoms with E-state index >= 15 is 0 Å². The maximum atomic E-state index is 12.1. The first-order valence-corrected chi connectivity index (χ1v) is 7.96. The van der Waals surface area contributed by atoms with Gasteiger partial charge in [0.1, 0.15) is 15.6 Å². The zero-order valence-corrected chi connectivity index (χ0v) is 14.0. The second-order valence-electron chi connectivity index (χ2n) is 5.12. The fraction of sp³-hybridized carbons (Fsp3) is 0.533. The topological polar surface area (TPSA) is 76.4 Å². The van der Waals surface area contributed by atoms with E-state index in [1.54, 1.807) is 6.08 Å². The normalized spacial score (nSPS) is 12.0. The molecular formula is C15H25N3O2S. The first kappa shape index (κ1) is 17.4. The van der Waals surface area contributed by atoms with Gasteiger partial charge in [0, 0.05) is 12.6 Å². The molecule has 0 bridgehead atoms. The minimum absolute atomic E-state index is 0.0107. The molecule has 1 rings (SSSR count). The number of ether oxygens (including phenoxy) is 1. The molecule has 1 unspecified atom stereocenters. The Labute approximate surface area is 130 Å². The maximum Gasteiger partial charge on any atom is 0.263 e. The van der Waals surface area contributed by atoms with Crippen LogP contribution in [0, 0.1) is 0 Å². The molecule has 0 aromatic carbocycles. The molecule has 118 valence electrons. The minimum Gasteiger partial charge on any atom is -0.486 e. The van der Waals surface area contributed by atoms with Crippen molar-refractivity contribution in [1.82, 2.24) is 5.32 Å². The molecule has 21 heavy (non-hydrogen) atoms. The smallest absolute Gasteiger partial charge is 0.263 e. The van der Waals surface area contributed by atoms with Gasteiger partial charge in [-0.05, 0) is 27.2 Å². The number of rotatable bonds is 8. The number of nitrogens with two attached hydrogens (primary N) is 1. The van der Waals surface area contributed by atoms with E-state index in [1.807, 2.05) is 13.8 Å². The van der Waals surface area contributed by atoms with E-state index in [1.165, 1.54) is 11.3 Å². The Bertz CT molecular complexity index is 497. The van der Waals surface area contributed by atoms with Gasteiger partial charge in [-0.3, -0.25) is 4.79 Å². The Morgan fingerprint density at radius 2 is 2.14 bits per heavy atom. The molecule has 1 atom stereocenters. The second kappa shape index (κ2) is 7.93. The summed E-state index contributed by atoms with van der Waals surface area (Å²) in [5.41, 5.74) is 6.49. The fourth-order valence-corrected chi connectivity index (χ4v) is 2.70. The van der Waals surface area contributed by atoms with Crippen LogP contribution in [-0.2, 0) is 0 Å². The fourth-order valence-electron chi connectivity index (χ4n) is 1.62. The maximum absolute atomic E-state index is 12.1. The minimum atomic E-state index is -0.205. The van der Waals surface area contributed by atoms with Crippen LogP contribution >= 0.6 is 11.3 Å². The van der Waals surface area contributed by atoms with Crippen molar-refractivity contribution in [1.29, 1.82) is 0 Å². The number of carbonyl (C=O) groups excluding carboxylic acids is 1. The van der Waals surface area contributed by atoms with E-state index in [4.69, 9.17) is 10.5 Å². The summed E-state index contributed by atoms with van der Waals surface area (Å²) in [4.78, 5) is 12.6. The van der Waals surface area contributed by atoms with E-state index < -0.39 is 0 Å². The molecule has 1 aromatic rings. The molecule has 1 heterocycles. The molecule has 5 nitrogen and oxygen atoms in total. The number of carbonyl (C=O) groups is 1. The van der Waals surface area contributed by atoms with Gasteiger partial charge in [-0.25, -0.2) is 0 Å². The van der Waals surface area contributed by atoms with Crippen molar-refractivity contribution in [3.8, 4) is 5.75 Å². The van der Waals surface area contributed by atoms with Gasteiger partial charge in [-0.15, -0.1) is 17.9 Å². The summed E-state index contributed by atoms with van der Waals surface area (Å²) in [7, 11) is 0. The zero-order chi connectivity index (χ0) is 16.0. The van der Waals surface area contributed by atoms with Crippen LogP contribution in [0.3, 0.4) is 0 Å². The molecular weight excluding hydrogens is 286 g/mol. The van der Waals surface area contributed by atoms with E-state index in [0.717, 1.165) is 11.4 Å². The van der Waals surface area contributed by atoms with Crippen molar-refractivity contribution >= 4 is 27.9 Å². The number of nitrogen functional groups attached to an aromatic ring is 1. The molecule has 0 saturated carbocycles. The number of thiophene rings is 1. The van der Waals surface area contributed by atoms with Crippen LogP contribution in [0.25, 0.3) is 0 Å².